The van der Waals surface area contributed by atoms with Crippen molar-refractivity contribution in [3.8, 4) is 5.75 Å². The lowest BCUT2D eigenvalue weighted by molar-refractivity contribution is 0.0937. The van der Waals surface area contributed by atoms with Gasteiger partial charge >= 0.3 is 0 Å². The lowest BCUT2D eigenvalue weighted by atomic mass is 10.2. The Morgan fingerprint density at radius 2 is 1.78 bits per heavy atom. The zero-order valence-electron chi connectivity index (χ0n) is 18.2. The van der Waals surface area contributed by atoms with E-state index in [9.17, 15) is 4.79 Å². The number of carbonyl (C=O) groups is 1. The van der Waals surface area contributed by atoms with Crippen LogP contribution in [0.25, 0.3) is 11.0 Å². The van der Waals surface area contributed by atoms with Gasteiger partial charge in [-0.15, -0.1) is 0 Å². The lowest BCUT2D eigenvalue weighted by Gasteiger charge is -2.17. The maximum absolute atomic E-state index is 12.8. The number of aromatic nitrogens is 2. The first-order chi connectivity index (χ1) is 15.5. The molecule has 0 bridgehead atoms. The molecule has 0 radical (unpaired) electrons. The monoisotopic (exact) mass is 447 g/mol. The molecular weight excluding hydrogens is 422 g/mol. The number of ether oxygens (including phenoxy) is 1. The minimum Gasteiger partial charge on any atom is -0.494 e. The molecule has 1 unspecified atom stereocenters. The maximum atomic E-state index is 12.8. The van der Waals surface area contributed by atoms with Gasteiger partial charge in [0, 0.05) is 6.54 Å². The first-order valence-electron chi connectivity index (χ1n) is 10.7. The molecule has 1 aromatic heterocycles. The lowest BCUT2D eigenvalue weighted by Crippen LogP contribution is -2.29. The second kappa shape index (κ2) is 9.88. The van der Waals surface area contributed by atoms with Crippen molar-refractivity contribution in [2.24, 2.45) is 0 Å². The van der Waals surface area contributed by atoms with E-state index < -0.39 is 0 Å². The van der Waals surface area contributed by atoms with Gasteiger partial charge in [0.15, 0.2) is 0 Å². The summed E-state index contributed by atoms with van der Waals surface area (Å²) in [5.74, 6) is 1.46. The second-order valence-corrected chi connectivity index (χ2v) is 8.21. The van der Waals surface area contributed by atoms with E-state index in [1.54, 1.807) is 24.3 Å². The average Bonchev–Trinajstić information content (AvgIpc) is 3.17. The topological polar surface area (TPSA) is 56.1 Å². The van der Waals surface area contributed by atoms with E-state index in [1.165, 1.54) is 5.56 Å². The highest BCUT2D eigenvalue weighted by atomic mass is 35.5. The highest BCUT2D eigenvalue weighted by Gasteiger charge is 2.20. The van der Waals surface area contributed by atoms with Crippen LogP contribution in [0.3, 0.4) is 0 Å². The van der Waals surface area contributed by atoms with Crippen LogP contribution in [0.2, 0.25) is 5.02 Å². The number of aryl methyl sites for hydroxylation is 2. The van der Waals surface area contributed by atoms with Crippen LogP contribution in [0.1, 0.15) is 41.1 Å². The molecule has 164 valence electrons. The molecule has 0 fully saturated rings. The Morgan fingerprint density at radius 3 is 2.56 bits per heavy atom. The molecule has 1 N–H and O–H groups in total. The van der Waals surface area contributed by atoms with Crippen LogP contribution in [0.5, 0.6) is 5.75 Å². The third kappa shape index (κ3) is 4.94. The standard InChI is InChI=1S/C26H26ClN3O2/c1-18-12-14-20(15-13-18)32-17-7-16-30-24-11-6-5-10-23(24)29-25(30)19(2)28-26(31)21-8-3-4-9-22(21)27/h3-6,8-15,19H,7,16-17H2,1-2H3,(H,28,31). The number of rotatable bonds is 8. The summed E-state index contributed by atoms with van der Waals surface area (Å²) in [5.41, 5.74) is 3.60. The number of benzene rings is 3. The first-order valence-corrected chi connectivity index (χ1v) is 11.1. The summed E-state index contributed by atoms with van der Waals surface area (Å²) in [4.78, 5) is 17.6. The van der Waals surface area contributed by atoms with Gasteiger partial charge in [-0.1, -0.05) is 53.6 Å². The van der Waals surface area contributed by atoms with Crippen LogP contribution in [-0.2, 0) is 6.54 Å². The largest absolute Gasteiger partial charge is 0.494 e. The fourth-order valence-corrected chi connectivity index (χ4v) is 3.91. The number of fused-ring (bicyclic) bond motifs is 1. The molecule has 6 heteroatoms. The van der Waals surface area contributed by atoms with Crippen LogP contribution >= 0.6 is 11.6 Å². The van der Waals surface area contributed by atoms with Gasteiger partial charge in [0.2, 0.25) is 0 Å². The first kappa shape index (κ1) is 21.9. The summed E-state index contributed by atoms with van der Waals surface area (Å²) in [5, 5.41) is 3.47. The average molecular weight is 448 g/mol. The van der Waals surface area contributed by atoms with E-state index in [2.05, 4.69) is 22.9 Å². The van der Waals surface area contributed by atoms with Crippen molar-refractivity contribution in [3.05, 3.63) is 94.8 Å². The molecule has 0 spiro atoms. The van der Waals surface area contributed by atoms with E-state index >= 15 is 0 Å². The molecule has 3 aromatic carbocycles. The highest BCUT2D eigenvalue weighted by Crippen LogP contribution is 2.23. The second-order valence-electron chi connectivity index (χ2n) is 7.80. The Morgan fingerprint density at radius 1 is 1.06 bits per heavy atom. The summed E-state index contributed by atoms with van der Waals surface area (Å²) in [6.07, 6.45) is 0.812. The molecule has 1 heterocycles. The van der Waals surface area contributed by atoms with Gasteiger partial charge in [0.25, 0.3) is 5.91 Å². The minimum atomic E-state index is -0.288. The fourth-order valence-electron chi connectivity index (χ4n) is 3.69. The van der Waals surface area contributed by atoms with Crippen molar-refractivity contribution < 1.29 is 9.53 Å². The van der Waals surface area contributed by atoms with E-state index in [0.29, 0.717) is 17.2 Å². The third-order valence-corrected chi connectivity index (χ3v) is 5.68. The van der Waals surface area contributed by atoms with Crippen molar-refractivity contribution in [2.75, 3.05) is 6.61 Å². The van der Waals surface area contributed by atoms with Crippen molar-refractivity contribution in [2.45, 2.75) is 32.9 Å². The molecule has 0 aliphatic carbocycles. The SMILES string of the molecule is Cc1ccc(OCCCn2c(C(C)NC(=O)c3ccccc3Cl)nc3ccccc32)cc1. The van der Waals surface area contributed by atoms with E-state index in [4.69, 9.17) is 21.3 Å². The van der Waals surface area contributed by atoms with E-state index in [1.807, 2.05) is 49.4 Å². The molecule has 4 rings (SSSR count). The predicted octanol–water partition coefficient (Wildman–Crippen LogP) is 5.96. The normalized spacial score (nSPS) is 12.0. The van der Waals surface area contributed by atoms with Crippen molar-refractivity contribution in [1.82, 2.24) is 14.9 Å². The summed E-state index contributed by atoms with van der Waals surface area (Å²) >= 11 is 6.19. The molecule has 5 nitrogen and oxygen atoms in total. The number of hydrogen-bond donors (Lipinski definition) is 1. The molecule has 0 saturated carbocycles. The minimum absolute atomic E-state index is 0.218. The van der Waals surface area contributed by atoms with E-state index in [-0.39, 0.29) is 11.9 Å². The highest BCUT2D eigenvalue weighted by molar-refractivity contribution is 6.33. The number of nitrogens with one attached hydrogen (secondary N) is 1. The summed E-state index contributed by atoms with van der Waals surface area (Å²) < 4.78 is 8.05. The Labute approximate surface area is 193 Å². The van der Waals surface area contributed by atoms with Gasteiger partial charge in [0.05, 0.1) is 34.3 Å². The van der Waals surface area contributed by atoms with Crippen LogP contribution in [0, 0.1) is 6.92 Å². The number of hydrogen-bond acceptors (Lipinski definition) is 3. The summed E-state index contributed by atoms with van der Waals surface area (Å²) in [7, 11) is 0. The van der Waals surface area contributed by atoms with Crippen LogP contribution < -0.4 is 10.1 Å². The van der Waals surface area contributed by atoms with Crippen molar-refractivity contribution >= 4 is 28.5 Å². The number of para-hydroxylation sites is 2. The molecule has 0 aliphatic heterocycles. The number of imidazole rings is 1. The van der Waals surface area contributed by atoms with Crippen molar-refractivity contribution in [1.29, 1.82) is 0 Å². The molecular formula is C26H26ClN3O2. The van der Waals surface area contributed by atoms with Crippen LogP contribution in [0.4, 0.5) is 0 Å². The summed E-state index contributed by atoms with van der Waals surface area (Å²) in [6.45, 7) is 5.32. The number of nitrogens with zero attached hydrogens (tertiary/aromatic N) is 2. The number of amides is 1. The fraction of sp³-hybridized carbons (Fsp3) is 0.231. The zero-order valence-corrected chi connectivity index (χ0v) is 19.0. The van der Waals surface area contributed by atoms with Gasteiger partial charge in [-0.25, -0.2) is 4.98 Å². The smallest absolute Gasteiger partial charge is 0.253 e. The molecule has 1 amide bonds. The van der Waals surface area contributed by atoms with E-state index in [0.717, 1.165) is 35.6 Å². The molecule has 0 aliphatic rings. The van der Waals surface area contributed by atoms with Crippen LogP contribution in [0.15, 0.2) is 72.8 Å². The van der Waals surface area contributed by atoms with Crippen LogP contribution in [-0.4, -0.2) is 22.1 Å². The Hall–Kier alpha value is -3.31. The molecule has 0 saturated heterocycles. The maximum Gasteiger partial charge on any atom is 0.253 e. The molecule has 4 aromatic rings. The van der Waals surface area contributed by atoms with Gasteiger partial charge in [-0.3, -0.25) is 4.79 Å². The third-order valence-electron chi connectivity index (χ3n) is 5.35. The van der Waals surface area contributed by atoms with Gasteiger partial charge in [-0.2, -0.15) is 0 Å². The molecule has 1 atom stereocenters. The predicted molar refractivity (Wildman–Crippen MR) is 128 cm³/mol. The Bertz CT molecular complexity index is 1220. The zero-order chi connectivity index (χ0) is 22.5. The Kier molecular flexibility index (Phi) is 6.76. The van der Waals surface area contributed by atoms with Gasteiger partial charge in [-0.05, 0) is 56.7 Å². The molecule has 32 heavy (non-hydrogen) atoms. The van der Waals surface area contributed by atoms with Crippen molar-refractivity contribution in [3.63, 3.8) is 0 Å². The van der Waals surface area contributed by atoms with Gasteiger partial charge in [0.1, 0.15) is 11.6 Å². The Balaban J connectivity index is 1.48. The number of halogens is 1. The quantitative estimate of drug-likeness (QED) is 0.339. The summed E-state index contributed by atoms with van der Waals surface area (Å²) in [6, 6.07) is 22.8. The number of carbonyl (C=O) groups excluding carboxylic acids is 1. The van der Waals surface area contributed by atoms with Gasteiger partial charge < -0.3 is 14.6 Å².